The second kappa shape index (κ2) is 5.94. The Morgan fingerprint density at radius 1 is 1.35 bits per heavy atom. The van der Waals surface area contributed by atoms with E-state index < -0.39 is 0 Å². The second-order valence-corrected chi connectivity index (χ2v) is 6.22. The zero-order valence-corrected chi connectivity index (χ0v) is 12.9. The lowest BCUT2D eigenvalue weighted by Crippen LogP contribution is -2.26. The number of aromatic nitrogens is 1. The van der Waals surface area contributed by atoms with Gasteiger partial charge in [-0.3, -0.25) is 0 Å². The van der Waals surface area contributed by atoms with Gasteiger partial charge in [-0.25, -0.2) is 4.98 Å². The molecule has 1 aliphatic rings. The van der Waals surface area contributed by atoms with Gasteiger partial charge in [0.05, 0.1) is 0 Å². The maximum absolute atomic E-state index is 4.82. The van der Waals surface area contributed by atoms with E-state index in [-0.39, 0.29) is 0 Å². The first kappa shape index (κ1) is 13.6. The summed E-state index contributed by atoms with van der Waals surface area (Å²) in [4.78, 5) is 7.28. The molecule has 20 heavy (non-hydrogen) atoms. The average Bonchev–Trinajstić information content (AvgIpc) is 3.15. The first-order valence-corrected chi connectivity index (χ1v) is 8.11. The number of nitrogens with zero attached hydrogens (tertiary/aromatic N) is 2. The highest BCUT2D eigenvalue weighted by Crippen LogP contribution is 2.32. The molecule has 2 aromatic heterocycles. The third-order valence-electron chi connectivity index (χ3n) is 3.76. The van der Waals surface area contributed by atoms with Gasteiger partial charge in [-0.05, 0) is 60.8 Å². The Kier molecular flexibility index (Phi) is 4.03. The molecule has 1 aliphatic carbocycles. The minimum absolute atomic E-state index is 0.678. The Bertz CT molecular complexity index is 561. The molecule has 0 atom stereocenters. The second-order valence-electron chi connectivity index (χ2n) is 5.43. The number of hydrogen-bond donors (Lipinski definition) is 1. The van der Waals surface area contributed by atoms with Crippen molar-refractivity contribution in [2.24, 2.45) is 0 Å². The van der Waals surface area contributed by atoms with Crippen molar-refractivity contribution < 1.29 is 0 Å². The van der Waals surface area contributed by atoms with Crippen molar-refractivity contribution in [3.05, 3.63) is 45.8 Å². The van der Waals surface area contributed by atoms with Gasteiger partial charge in [0.25, 0.3) is 0 Å². The number of thiophene rings is 1. The molecule has 0 aromatic carbocycles. The van der Waals surface area contributed by atoms with Gasteiger partial charge >= 0.3 is 0 Å². The first-order valence-electron chi connectivity index (χ1n) is 7.17. The fraction of sp³-hybridized carbons (Fsp3) is 0.438. The third-order valence-corrected chi connectivity index (χ3v) is 4.49. The third kappa shape index (κ3) is 3.02. The Morgan fingerprint density at radius 2 is 2.20 bits per heavy atom. The summed E-state index contributed by atoms with van der Waals surface area (Å²) in [5.74, 6) is 1.12. The van der Waals surface area contributed by atoms with Gasteiger partial charge in [-0.2, -0.15) is 11.3 Å². The van der Waals surface area contributed by atoms with Gasteiger partial charge in [0.2, 0.25) is 0 Å². The highest BCUT2D eigenvalue weighted by molar-refractivity contribution is 7.07. The number of pyridine rings is 1. The topological polar surface area (TPSA) is 28.2 Å². The van der Waals surface area contributed by atoms with E-state index in [2.05, 4.69) is 46.1 Å². The Labute approximate surface area is 124 Å². The van der Waals surface area contributed by atoms with Crippen LogP contribution in [-0.4, -0.2) is 18.1 Å². The highest BCUT2D eigenvalue weighted by atomic mass is 32.1. The van der Waals surface area contributed by atoms with Crippen molar-refractivity contribution >= 4 is 17.2 Å². The predicted octanol–water partition coefficient (Wildman–Crippen LogP) is 3.34. The molecule has 4 heteroatoms. The van der Waals surface area contributed by atoms with Gasteiger partial charge in [0.15, 0.2) is 0 Å². The van der Waals surface area contributed by atoms with Gasteiger partial charge in [-0.1, -0.05) is 6.07 Å². The largest absolute Gasteiger partial charge is 0.349 e. The quantitative estimate of drug-likeness (QED) is 0.883. The lowest BCUT2D eigenvalue weighted by Gasteiger charge is -2.24. The molecule has 0 aliphatic heterocycles. The summed E-state index contributed by atoms with van der Waals surface area (Å²) in [6, 6.07) is 7.26. The fourth-order valence-electron chi connectivity index (χ4n) is 2.48. The van der Waals surface area contributed by atoms with Crippen LogP contribution in [0.25, 0.3) is 0 Å². The van der Waals surface area contributed by atoms with Crippen molar-refractivity contribution in [1.82, 2.24) is 10.3 Å². The number of nitrogens with one attached hydrogen (secondary N) is 1. The standard InChI is InChI=1S/C16H21N3S/c1-12-14(9-17-2)3-6-16(18-12)19(15-4-5-15)10-13-7-8-20-11-13/h3,6-8,11,15,17H,4-5,9-10H2,1-2H3. The van der Waals surface area contributed by atoms with Crippen LogP contribution in [0.5, 0.6) is 0 Å². The average molecular weight is 287 g/mol. The van der Waals surface area contributed by atoms with E-state index in [0.29, 0.717) is 6.04 Å². The zero-order valence-electron chi connectivity index (χ0n) is 12.1. The van der Waals surface area contributed by atoms with Gasteiger partial charge in [0, 0.05) is 24.8 Å². The minimum Gasteiger partial charge on any atom is -0.349 e. The summed E-state index contributed by atoms with van der Waals surface area (Å²) in [5, 5.41) is 7.57. The van der Waals surface area contributed by atoms with Crippen LogP contribution < -0.4 is 10.2 Å². The fourth-order valence-corrected chi connectivity index (χ4v) is 3.14. The lowest BCUT2D eigenvalue weighted by molar-refractivity contribution is 0.766. The minimum atomic E-state index is 0.678. The molecule has 2 heterocycles. The summed E-state index contributed by atoms with van der Waals surface area (Å²) in [5.41, 5.74) is 3.80. The molecule has 3 rings (SSSR count). The number of rotatable bonds is 6. The molecular formula is C16H21N3S. The summed E-state index contributed by atoms with van der Waals surface area (Å²) in [7, 11) is 1.97. The molecule has 0 bridgehead atoms. The van der Waals surface area contributed by atoms with Crippen LogP contribution in [0.4, 0.5) is 5.82 Å². The van der Waals surface area contributed by atoms with Crippen LogP contribution in [0, 0.1) is 6.92 Å². The molecular weight excluding hydrogens is 266 g/mol. The molecule has 0 radical (unpaired) electrons. The van der Waals surface area contributed by atoms with Crippen LogP contribution in [0.1, 0.15) is 29.7 Å². The van der Waals surface area contributed by atoms with Crippen molar-refractivity contribution in [3.8, 4) is 0 Å². The van der Waals surface area contributed by atoms with E-state index in [1.807, 2.05) is 7.05 Å². The van der Waals surface area contributed by atoms with Crippen LogP contribution in [0.3, 0.4) is 0 Å². The molecule has 1 saturated carbocycles. The summed E-state index contributed by atoms with van der Waals surface area (Å²) in [6.07, 6.45) is 2.59. The number of anilines is 1. The smallest absolute Gasteiger partial charge is 0.129 e. The number of hydrogen-bond acceptors (Lipinski definition) is 4. The summed E-state index contributed by atoms with van der Waals surface area (Å²) < 4.78 is 0. The van der Waals surface area contributed by atoms with E-state index in [9.17, 15) is 0 Å². The zero-order chi connectivity index (χ0) is 13.9. The lowest BCUT2D eigenvalue weighted by atomic mass is 10.2. The van der Waals surface area contributed by atoms with Crippen LogP contribution >= 0.6 is 11.3 Å². The van der Waals surface area contributed by atoms with Crippen molar-refractivity contribution in [1.29, 1.82) is 0 Å². The maximum Gasteiger partial charge on any atom is 0.129 e. The molecule has 106 valence electrons. The van der Waals surface area contributed by atoms with Crippen molar-refractivity contribution in [2.45, 2.75) is 38.9 Å². The normalized spacial score (nSPS) is 14.5. The van der Waals surface area contributed by atoms with Gasteiger partial charge < -0.3 is 10.2 Å². The van der Waals surface area contributed by atoms with Crippen LogP contribution in [0.2, 0.25) is 0 Å². The van der Waals surface area contributed by atoms with E-state index >= 15 is 0 Å². The SMILES string of the molecule is CNCc1ccc(N(Cc2ccsc2)C2CC2)nc1C. The van der Waals surface area contributed by atoms with E-state index in [0.717, 1.165) is 24.6 Å². The maximum atomic E-state index is 4.82. The Hall–Kier alpha value is -1.39. The summed E-state index contributed by atoms with van der Waals surface area (Å²) >= 11 is 1.77. The number of aryl methyl sites for hydroxylation is 1. The molecule has 2 aromatic rings. The Balaban J connectivity index is 1.82. The summed E-state index contributed by atoms with van der Waals surface area (Å²) in [6.45, 7) is 3.96. The highest BCUT2D eigenvalue weighted by Gasteiger charge is 2.30. The van der Waals surface area contributed by atoms with Gasteiger partial charge in [0.1, 0.15) is 5.82 Å². The van der Waals surface area contributed by atoms with Crippen LogP contribution in [-0.2, 0) is 13.1 Å². The molecule has 3 nitrogen and oxygen atoms in total. The van der Waals surface area contributed by atoms with Crippen LogP contribution in [0.15, 0.2) is 29.0 Å². The Morgan fingerprint density at radius 3 is 2.80 bits per heavy atom. The molecule has 1 fully saturated rings. The van der Waals surface area contributed by atoms with Gasteiger partial charge in [-0.15, -0.1) is 0 Å². The monoisotopic (exact) mass is 287 g/mol. The first-order chi connectivity index (χ1) is 9.78. The van der Waals surface area contributed by atoms with Crippen molar-refractivity contribution in [3.63, 3.8) is 0 Å². The van der Waals surface area contributed by atoms with E-state index in [1.54, 1.807) is 11.3 Å². The molecule has 0 saturated heterocycles. The molecule has 0 spiro atoms. The molecule has 1 N–H and O–H groups in total. The van der Waals surface area contributed by atoms with Crippen molar-refractivity contribution in [2.75, 3.05) is 11.9 Å². The molecule has 0 amide bonds. The molecule has 0 unspecified atom stereocenters. The predicted molar refractivity (Wildman–Crippen MR) is 85.3 cm³/mol. The van der Waals surface area contributed by atoms with E-state index in [1.165, 1.54) is 24.0 Å². The van der Waals surface area contributed by atoms with E-state index in [4.69, 9.17) is 4.98 Å².